The summed E-state index contributed by atoms with van der Waals surface area (Å²) >= 11 is 0. The van der Waals surface area contributed by atoms with Crippen LogP contribution in [0.25, 0.3) is 0 Å². The van der Waals surface area contributed by atoms with Crippen molar-refractivity contribution in [1.29, 1.82) is 0 Å². The minimum atomic E-state index is 0.471. The van der Waals surface area contributed by atoms with E-state index in [2.05, 4.69) is 62.8 Å². The fourth-order valence-electron chi connectivity index (χ4n) is 3.31. The number of hydrogen-bond donors (Lipinski definition) is 0. The van der Waals surface area contributed by atoms with Crippen LogP contribution in [0.5, 0.6) is 0 Å². The zero-order valence-electron chi connectivity index (χ0n) is 14.3. The maximum absolute atomic E-state index is 4.48. The smallest absolute Gasteiger partial charge is 0.146 e. The van der Waals surface area contributed by atoms with Gasteiger partial charge in [0.25, 0.3) is 0 Å². The lowest BCUT2D eigenvalue weighted by Crippen LogP contribution is -2.34. The Morgan fingerprint density at radius 3 is 2.74 bits per heavy atom. The fourth-order valence-corrected chi connectivity index (χ4v) is 3.31. The van der Waals surface area contributed by atoms with Crippen molar-refractivity contribution in [3.05, 3.63) is 41.7 Å². The van der Waals surface area contributed by atoms with Gasteiger partial charge in [0.2, 0.25) is 0 Å². The predicted molar refractivity (Wildman–Crippen MR) is 89.9 cm³/mol. The number of pyridine rings is 1. The molecule has 2 aromatic heterocycles. The summed E-state index contributed by atoms with van der Waals surface area (Å²) in [6, 6.07) is 4.20. The molecule has 1 aliphatic heterocycles. The van der Waals surface area contributed by atoms with Crippen LogP contribution in [0.4, 0.5) is 0 Å². The largest absolute Gasteiger partial charge is 0.317 e. The number of rotatable bonds is 5. The average Bonchev–Trinajstić information content (AvgIpc) is 2.89. The molecule has 2 aromatic rings. The van der Waals surface area contributed by atoms with E-state index in [4.69, 9.17) is 0 Å². The zero-order chi connectivity index (χ0) is 16.2. The Hall–Kier alpha value is -1.79. The lowest BCUT2D eigenvalue weighted by atomic mass is 9.96. The molecule has 1 unspecified atom stereocenters. The van der Waals surface area contributed by atoms with Gasteiger partial charge in [-0.15, -0.1) is 10.2 Å². The van der Waals surface area contributed by atoms with Gasteiger partial charge in [-0.1, -0.05) is 0 Å². The monoisotopic (exact) mass is 314 g/mol. The third kappa shape index (κ3) is 3.95. The Balaban J connectivity index is 1.68. The number of piperidine rings is 1. The Morgan fingerprint density at radius 2 is 2.00 bits per heavy atom. The van der Waals surface area contributed by atoms with Crippen LogP contribution in [0.2, 0.25) is 0 Å². The third-order valence-corrected chi connectivity index (χ3v) is 4.48. The number of nitrogens with zero attached hydrogens (tertiary/aromatic N) is 6. The van der Waals surface area contributed by atoms with E-state index in [9.17, 15) is 0 Å². The van der Waals surface area contributed by atoms with Crippen LogP contribution in [-0.4, -0.2) is 56.7 Å². The van der Waals surface area contributed by atoms with Crippen molar-refractivity contribution in [2.75, 3.05) is 27.2 Å². The highest BCUT2D eigenvalue weighted by molar-refractivity contribution is 5.10. The molecule has 0 aromatic carbocycles. The van der Waals surface area contributed by atoms with Crippen LogP contribution in [0, 0.1) is 0 Å². The quantitative estimate of drug-likeness (QED) is 0.840. The van der Waals surface area contributed by atoms with E-state index >= 15 is 0 Å². The summed E-state index contributed by atoms with van der Waals surface area (Å²) in [5.74, 6) is 2.64. The van der Waals surface area contributed by atoms with Crippen LogP contribution in [0.15, 0.2) is 24.5 Å². The molecule has 23 heavy (non-hydrogen) atoms. The van der Waals surface area contributed by atoms with Gasteiger partial charge < -0.3 is 9.47 Å². The molecule has 1 atom stereocenters. The maximum atomic E-state index is 4.48. The topological polar surface area (TPSA) is 50.1 Å². The van der Waals surface area contributed by atoms with Crippen molar-refractivity contribution in [3.63, 3.8) is 0 Å². The van der Waals surface area contributed by atoms with Crippen LogP contribution in [-0.2, 0) is 20.1 Å². The second kappa shape index (κ2) is 7.19. The molecule has 0 bridgehead atoms. The molecule has 0 saturated carbocycles. The summed E-state index contributed by atoms with van der Waals surface area (Å²) in [6.07, 6.45) is 6.15. The van der Waals surface area contributed by atoms with Gasteiger partial charge in [0.15, 0.2) is 0 Å². The van der Waals surface area contributed by atoms with Gasteiger partial charge >= 0.3 is 0 Å². The molecular formula is C17H26N6. The SMILES string of the molecule is CN(C)Cc1nnc(C2CCCN(Cc3ccncc3)C2)n1C. The van der Waals surface area contributed by atoms with Crippen molar-refractivity contribution in [1.82, 2.24) is 29.5 Å². The summed E-state index contributed by atoms with van der Waals surface area (Å²) in [5.41, 5.74) is 1.33. The van der Waals surface area contributed by atoms with E-state index in [0.717, 1.165) is 37.8 Å². The molecule has 3 rings (SSSR count). The van der Waals surface area contributed by atoms with Gasteiger partial charge in [-0.05, 0) is 51.2 Å². The Morgan fingerprint density at radius 1 is 1.22 bits per heavy atom. The summed E-state index contributed by atoms with van der Waals surface area (Å²) in [5, 5.41) is 8.87. The normalized spacial score (nSPS) is 19.4. The van der Waals surface area contributed by atoms with Gasteiger partial charge in [-0.25, -0.2) is 0 Å². The predicted octanol–water partition coefficient (Wildman–Crippen LogP) is 1.65. The molecule has 6 heteroatoms. The standard InChI is InChI=1S/C17H26N6/c1-21(2)13-16-19-20-17(22(16)3)15-5-4-10-23(12-15)11-14-6-8-18-9-7-14/h6-9,15H,4-5,10-13H2,1-3H3. The van der Waals surface area contributed by atoms with Gasteiger partial charge in [-0.3, -0.25) is 9.88 Å². The summed E-state index contributed by atoms with van der Waals surface area (Å²) in [7, 11) is 6.22. The Kier molecular flexibility index (Phi) is 5.03. The van der Waals surface area contributed by atoms with Gasteiger partial charge in [-0.2, -0.15) is 0 Å². The number of aromatic nitrogens is 4. The van der Waals surface area contributed by atoms with E-state index in [1.165, 1.54) is 18.4 Å². The first kappa shape index (κ1) is 16.1. The molecule has 0 aliphatic carbocycles. The second-order valence-corrected chi connectivity index (χ2v) is 6.70. The zero-order valence-corrected chi connectivity index (χ0v) is 14.3. The maximum Gasteiger partial charge on any atom is 0.146 e. The van der Waals surface area contributed by atoms with Crippen molar-refractivity contribution >= 4 is 0 Å². The van der Waals surface area contributed by atoms with Crippen molar-refractivity contribution in [2.24, 2.45) is 7.05 Å². The fraction of sp³-hybridized carbons (Fsp3) is 0.588. The lowest BCUT2D eigenvalue weighted by Gasteiger charge is -2.32. The van der Waals surface area contributed by atoms with E-state index in [0.29, 0.717) is 5.92 Å². The molecule has 0 spiro atoms. The Bertz CT molecular complexity index is 621. The minimum Gasteiger partial charge on any atom is -0.317 e. The first-order valence-electron chi connectivity index (χ1n) is 8.27. The van der Waals surface area contributed by atoms with Crippen LogP contribution in [0.1, 0.15) is 36.0 Å². The molecule has 6 nitrogen and oxygen atoms in total. The van der Waals surface area contributed by atoms with Gasteiger partial charge in [0.1, 0.15) is 11.6 Å². The van der Waals surface area contributed by atoms with Crippen LogP contribution >= 0.6 is 0 Å². The van der Waals surface area contributed by atoms with Crippen molar-refractivity contribution in [2.45, 2.75) is 31.8 Å². The first-order valence-corrected chi connectivity index (χ1v) is 8.27. The lowest BCUT2D eigenvalue weighted by molar-refractivity contribution is 0.195. The minimum absolute atomic E-state index is 0.471. The third-order valence-electron chi connectivity index (χ3n) is 4.48. The number of hydrogen-bond acceptors (Lipinski definition) is 5. The van der Waals surface area contributed by atoms with Crippen LogP contribution in [0.3, 0.4) is 0 Å². The molecule has 0 N–H and O–H groups in total. The summed E-state index contributed by atoms with van der Waals surface area (Å²) in [6.45, 7) is 4.02. The highest BCUT2D eigenvalue weighted by Gasteiger charge is 2.26. The van der Waals surface area contributed by atoms with E-state index < -0.39 is 0 Å². The molecule has 0 radical (unpaired) electrons. The molecule has 1 aliphatic rings. The van der Waals surface area contributed by atoms with Crippen molar-refractivity contribution in [3.8, 4) is 0 Å². The highest BCUT2D eigenvalue weighted by Crippen LogP contribution is 2.26. The van der Waals surface area contributed by atoms with E-state index in [1.54, 1.807) is 0 Å². The summed E-state index contributed by atoms with van der Waals surface area (Å²) in [4.78, 5) is 8.74. The highest BCUT2D eigenvalue weighted by atomic mass is 15.3. The van der Waals surface area contributed by atoms with Crippen LogP contribution < -0.4 is 0 Å². The number of likely N-dealkylation sites (tertiary alicyclic amines) is 1. The van der Waals surface area contributed by atoms with E-state index in [-0.39, 0.29) is 0 Å². The second-order valence-electron chi connectivity index (χ2n) is 6.70. The Labute approximate surface area is 138 Å². The van der Waals surface area contributed by atoms with Crippen molar-refractivity contribution < 1.29 is 0 Å². The van der Waals surface area contributed by atoms with Gasteiger partial charge in [0, 0.05) is 38.4 Å². The molecule has 0 amide bonds. The summed E-state index contributed by atoms with van der Waals surface area (Å²) < 4.78 is 2.18. The molecule has 124 valence electrons. The molecule has 1 saturated heterocycles. The van der Waals surface area contributed by atoms with Gasteiger partial charge in [0.05, 0.1) is 6.54 Å². The molecule has 1 fully saturated rings. The van der Waals surface area contributed by atoms with E-state index in [1.807, 2.05) is 12.4 Å². The molecular weight excluding hydrogens is 288 g/mol. The first-order chi connectivity index (χ1) is 11.1. The molecule has 3 heterocycles. The average molecular weight is 314 g/mol.